The zero-order valence-electron chi connectivity index (χ0n) is 14.7. The van der Waals surface area contributed by atoms with Crippen molar-refractivity contribution in [1.29, 1.82) is 0 Å². The molecule has 2 fully saturated rings. The lowest BCUT2D eigenvalue weighted by Gasteiger charge is -2.39. The van der Waals surface area contributed by atoms with E-state index in [2.05, 4.69) is 4.90 Å². The first-order chi connectivity index (χ1) is 12.2. The fourth-order valence-corrected chi connectivity index (χ4v) is 3.53. The predicted molar refractivity (Wildman–Crippen MR) is 92.9 cm³/mol. The summed E-state index contributed by atoms with van der Waals surface area (Å²) < 4.78 is 10.8. The number of rotatable bonds is 5. The van der Waals surface area contributed by atoms with Gasteiger partial charge < -0.3 is 14.4 Å². The topological polar surface area (TPSA) is 59.1 Å². The molecule has 2 aliphatic rings. The maximum absolute atomic E-state index is 12.5. The van der Waals surface area contributed by atoms with Crippen LogP contribution >= 0.6 is 0 Å². The summed E-state index contributed by atoms with van der Waals surface area (Å²) in [6.07, 6.45) is 1.49. The Morgan fingerprint density at radius 2 is 1.92 bits per heavy atom. The van der Waals surface area contributed by atoms with E-state index in [1.807, 2.05) is 42.2 Å². The van der Waals surface area contributed by atoms with Crippen LogP contribution in [0.1, 0.15) is 31.4 Å². The van der Waals surface area contributed by atoms with E-state index < -0.39 is 6.04 Å². The highest BCUT2D eigenvalue weighted by Gasteiger charge is 2.35. The highest BCUT2D eigenvalue weighted by molar-refractivity contribution is 5.81. The number of amides is 1. The quantitative estimate of drug-likeness (QED) is 0.758. The van der Waals surface area contributed by atoms with Crippen molar-refractivity contribution in [2.24, 2.45) is 0 Å². The Morgan fingerprint density at radius 3 is 2.52 bits per heavy atom. The summed E-state index contributed by atoms with van der Waals surface area (Å²) in [4.78, 5) is 28.9. The van der Waals surface area contributed by atoms with E-state index in [1.165, 1.54) is 0 Å². The Hall–Kier alpha value is -1.92. The Balaban J connectivity index is 1.65. The smallest absolute Gasteiger partial charge is 0.328 e. The molecule has 0 spiro atoms. The summed E-state index contributed by atoms with van der Waals surface area (Å²) >= 11 is 0. The number of ether oxygens (including phenoxy) is 2. The SMILES string of the molecule is CCOC(=O)[C@H](c1ccccc1)N1CCN(C(=O)[C@H]2CCCO2)CC1. The zero-order chi connectivity index (χ0) is 17.6. The molecule has 0 aliphatic carbocycles. The first-order valence-electron chi connectivity index (χ1n) is 9.06. The van der Waals surface area contributed by atoms with Gasteiger partial charge in [-0.3, -0.25) is 9.69 Å². The summed E-state index contributed by atoms with van der Waals surface area (Å²) in [5.41, 5.74) is 0.930. The summed E-state index contributed by atoms with van der Waals surface area (Å²) in [7, 11) is 0. The lowest BCUT2D eigenvalue weighted by Crippen LogP contribution is -2.53. The molecule has 25 heavy (non-hydrogen) atoms. The third-order valence-corrected chi connectivity index (χ3v) is 4.82. The van der Waals surface area contributed by atoms with Crippen molar-refractivity contribution in [3.63, 3.8) is 0 Å². The molecule has 1 aromatic rings. The van der Waals surface area contributed by atoms with Gasteiger partial charge in [-0.1, -0.05) is 30.3 Å². The molecule has 136 valence electrons. The van der Waals surface area contributed by atoms with Crippen molar-refractivity contribution < 1.29 is 19.1 Å². The molecule has 0 radical (unpaired) electrons. The first kappa shape index (κ1) is 17.9. The summed E-state index contributed by atoms with van der Waals surface area (Å²) in [6, 6.07) is 9.28. The van der Waals surface area contributed by atoms with Gasteiger partial charge in [-0.2, -0.15) is 0 Å². The van der Waals surface area contributed by atoms with E-state index in [9.17, 15) is 9.59 Å². The van der Waals surface area contributed by atoms with Gasteiger partial charge in [-0.25, -0.2) is 4.79 Å². The van der Waals surface area contributed by atoms with Crippen LogP contribution in [0.2, 0.25) is 0 Å². The van der Waals surface area contributed by atoms with Crippen LogP contribution in [0.5, 0.6) is 0 Å². The van der Waals surface area contributed by atoms with Crippen molar-refractivity contribution in [2.45, 2.75) is 31.9 Å². The highest BCUT2D eigenvalue weighted by Crippen LogP contribution is 2.24. The Kier molecular flexibility index (Phi) is 6.04. The summed E-state index contributed by atoms with van der Waals surface area (Å²) in [6.45, 7) is 5.38. The maximum atomic E-state index is 12.5. The van der Waals surface area contributed by atoms with Crippen LogP contribution in [0.15, 0.2) is 30.3 Å². The number of esters is 1. The van der Waals surface area contributed by atoms with Gasteiger partial charge in [0.25, 0.3) is 5.91 Å². The Morgan fingerprint density at radius 1 is 1.20 bits per heavy atom. The molecule has 0 bridgehead atoms. The Bertz CT molecular complexity index is 578. The van der Waals surface area contributed by atoms with E-state index in [0.29, 0.717) is 39.4 Å². The van der Waals surface area contributed by atoms with Crippen LogP contribution in [0.4, 0.5) is 0 Å². The fraction of sp³-hybridized carbons (Fsp3) is 0.579. The lowest BCUT2D eigenvalue weighted by molar-refractivity contribution is -0.152. The van der Waals surface area contributed by atoms with Gasteiger partial charge in [0.05, 0.1) is 6.61 Å². The van der Waals surface area contributed by atoms with Crippen LogP contribution in [-0.2, 0) is 19.1 Å². The molecule has 1 aromatic carbocycles. The van der Waals surface area contributed by atoms with Crippen molar-refractivity contribution in [3.05, 3.63) is 35.9 Å². The lowest BCUT2D eigenvalue weighted by atomic mass is 10.0. The number of hydrogen-bond donors (Lipinski definition) is 0. The molecule has 6 nitrogen and oxygen atoms in total. The number of carbonyl (C=O) groups is 2. The molecule has 2 aliphatic heterocycles. The van der Waals surface area contributed by atoms with Gasteiger partial charge in [0.1, 0.15) is 12.1 Å². The van der Waals surface area contributed by atoms with E-state index in [4.69, 9.17) is 9.47 Å². The zero-order valence-corrected chi connectivity index (χ0v) is 14.7. The average Bonchev–Trinajstić information content (AvgIpc) is 3.18. The second-order valence-corrected chi connectivity index (χ2v) is 6.43. The monoisotopic (exact) mass is 346 g/mol. The molecule has 2 saturated heterocycles. The second-order valence-electron chi connectivity index (χ2n) is 6.43. The second kappa shape index (κ2) is 8.45. The van der Waals surface area contributed by atoms with Crippen molar-refractivity contribution in [2.75, 3.05) is 39.4 Å². The van der Waals surface area contributed by atoms with Gasteiger partial charge in [0.15, 0.2) is 0 Å². The molecule has 1 amide bonds. The van der Waals surface area contributed by atoms with Crippen molar-refractivity contribution in [3.8, 4) is 0 Å². The maximum Gasteiger partial charge on any atom is 0.328 e. The molecular weight excluding hydrogens is 320 g/mol. The van der Waals surface area contributed by atoms with Crippen molar-refractivity contribution >= 4 is 11.9 Å². The van der Waals surface area contributed by atoms with Crippen LogP contribution in [0.25, 0.3) is 0 Å². The van der Waals surface area contributed by atoms with E-state index in [0.717, 1.165) is 18.4 Å². The third-order valence-electron chi connectivity index (χ3n) is 4.82. The van der Waals surface area contributed by atoms with Gasteiger partial charge in [-0.05, 0) is 25.3 Å². The van der Waals surface area contributed by atoms with E-state index in [1.54, 1.807) is 0 Å². The molecule has 3 rings (SSSR count). The minimum absolute atomic E-state index is 0.0875. The van der Waals surface area contributed by atoms with Gasteiger partial charge in [-0.15, -0.1) is 0 Å². The molecular formula is C19H26N2O4. The first-order valence-corrected chi connectivity index (χ1v) is 9.06. The van der Waals surface area contributed by atoms with Crippen LogP contribution < -0.4 is 0 Å². The fourth-order valence-electron chi connectivity index (χ4n) is 3.53. The summed E-state index contributed by atoms with van der Waals surface area (Å²) in [5.74, 6) is -0.142. The van der Waals surface area contributed by atoms with Gasteiger partial charge in [0.2, 0.25) is 0 Å². The number of piperazine rings is 1. The molecule has 0 saturated carbocycles. The number of nitrogens with zero attached hydrogens (tertiary/aromatic N) is 2. The highest BCUT2D eigenvalue weighted by atomic mass is 16.5. The minimum atomic E-state index is -0.416. The van der Waals surface area contributed by atoms with Gasteiger partial charge in [0, 0.05) is 32.8 Å². The van der Waals surface area contributed by atoms with E-state index in [-0.39, 0.29) is 18.0 Å². The predicted octanol–water partition coefficient (Wildman–Crippen LogP) is 1.61. The Labute approximate surface area is 148 Å². The largest absolute Gasteiger partial charge is 0.465 e. The van der Waals surface area contributed by atoms with Crippen molar-refractivity contribution in [1.82, 2.24) is 9.80 Å². The normalized spacial score (nSPS) is 22.6. The standard InChI is InChI=1S/C19H26N2O4/c1-2-24-19(23)17(15-7-4-3-5-8-15)20-10-12-21(13-11-20)18(22)16-9-6-14-25-16/h3-5,7-8,16-17H,2,6,9-14H2,1H3/t16-,17+/m1/s1. The molecule has 0 unspecified atom stereocenters. The third kappa shape index (κ3) is 4.19. The van der Waals surface area contributed by atoms with Gasteiger partial charge >= 0.3 is 5.97 Å². The van der Waals surface area contributed by atoms with E-state index >= 15 is 0 Å². The molecule has 2 atom stereocenters. The number of hydrogen-bond acceptors (Lipinski definition) is 5. The van der Waals surface area contributed by atoms with Crippen LogP contribution in [0.3, 0.4) is 0 Å². The number of carbonyl (C=O) groups excluding carboxylic acids is 2. The summed E-state index contributed by atoms with van der Waals surface area (Å²) in [5, 5.41) is 0. The molecule has 0 N–H and O–H groups in total. The average molecular weight is 346 g/mol. The molecule has 0 aromatic heterocycles. The van der Waals surface area contributed by atoms with Crippen LogP contribution in [-0.4, -0.2) is 67.2 Å². The number of benzene rings is 1. The minimum Gasteiger partial charge on any atom is -0.465 e. The molecule has 6 heteroatoms. The molecule has 2 heterocycles. The van der Waals surface area contributed by atoms with Crippen LogP contribution in [0, 0.1) is 0 Å².